The van der Waals surface area contributed by atoms with Crippen molar-refractivity contribution in [2.24, 2.45) is 0 Å². The van der Waals surface area contributed by atoms with Crippen molar-refractivity contribution in [3.8, 4) is 11.5 Å². The number of rotatable bonds is 4. The maximum absolute atomic E-state index is 10.5. The van der Waals surface area contributed by atoms with Gasteiger partial charge in [-0.25, -0.2) is 0 Å². The van der Waals surface area contributed by atoms with Crippen LogP contribution in [0.2, 0.25) is 0 Å². The van der Waals surface area contributed by atoms with Crippen molar-refractivity contribution < 1.29 is 19.0 Å². The molecular weight excluding hydrogens is 208 g/mol. The molecule has 1 saturated heterocycles. The first kappa shape index (κ1) is 11.0. The highest BCUT2D eigenvalue weighted by molar-refractivity contribution is 5.76. The fourth-order valence-corrected chi connectivity index (χ4v) is 1.62. The molecule has 2 rings (SSSR count). The summed E-state index contributed by atoms with van der Waals surface area (Å²) in [6.07, 6.45) is 2.72. The molecule has 16 heavy (non-hydrogen) atoms. The number of methoxy groups -OCH3 is 1. The van der Waals surface area contributed by atoms with Crippen molar-refractivity contribution in [2.45, 2.75) is 12.5 Å². The molecule has 1 aliphatic rings. The Morgan fingerprint density at radius 2 is 2.31 bits per heavy atom. The molecule has 0 aliphatic carbocycles. The lowest BCUT2D eigenvalue weighted by Gasteiger charge is -2.14. The molecule has 1 radical (unpaired) electrons. The van der Waals surface area contributed by atoms with Crippen molar-refractivity contribution in [3.63, 3.8) is 0 Å². The molecule has 1 heterocycles. The van der Waals surface area contributed by atoms with Gasteiger partial charge in [-0.1, -0.05) is 0 Å². The fraction of sp³-hybridized carbons (Fsp3) is 0.417. The Morgan fingerprint density at radius 1 is 1.44 bits per heavy atom. The van der Waals surface area contributed by atoms with Gasteiger partial charge in [0, 0.05) is 12.0 Å². The Hall–Kier alpha value is -1.55. The quantitative estimate of drug-likeness (QED) is 0.769. The third kappa shape index (κ3) is 2.33. The molecule has 0 aromatic heterocycles. The molecular formula is C12H13O4. The van der Waals surface area contributed by atoms with Gasteiger partial charge in [0.25, 0.3) is 0 Å². The number of hydrogen-bond acceptors (Lipinski definition) is 4. The lowest BCUT2D eigenvalue weighted by atomic mass is 10.2. The summed E-state index contributed by atoms with van der Waals surface area (Å²) in [7, 11) is 1.57. The fourth-order valence-electron chi connectivity index (χ4n) is 1.62. The maximum atomic E-state index is 10.5. The number of carbonyl (C=O) groups excluding carboxylic acids is 1. The second-order valence-electron chi connectivity index (χ2n) is 3.57. The van der Waals surface area contributed by atoms with Crippen LogP contribution in [0.1, 0.15) is 12.0 Å². The normalized spacial score (nSPS) is 19.4. The van der Waals surface area contributed by atoms with Crippen molar-refractivity contribution in [3.05, 3.63) is 23.8 Å². The third-order valence-corrected chi connectivity index (χ3v) is 2.46. The maximum Gasteiger partial charge on any atom is 0.233 e. The SMILES string of the molecule is COc1ccc([C]=O)cc1OC1CCOC1. The van der Waals surface area contributed by atoms with Gasteiger partial charge in [0.05, 0.1) is 20.3 Å². The average molecular weight is 221 g/mol. The van der Waals surface area contributed by atoms with Crippen molar-refractivity contribution in [1.29, 1.82) is 0 Å². The molecule has 0 N–H and O–H groups in total. The summed E-state index contributed by atoms with van der Waals surface area (Å²) in [4.78, 5) is 10.5. The number of benzene rings is 1. The summed E-state index contributed by atoms with van der Waals surface area (Å²) in [5, 5.41) is 0. The van der Waals surface area contributed by atoms with Gasteiger partial charge >= 0.3 is 0 Å². The van der Waals surface area contributed by atoms with Gasteiger partial charge in [-0.15, -0.1) is 0 Å². The molecule has 0 saturated carbocycles. The molecule has 1 unspecified atom stereocenters. The Balaban J connectivity index is 2.18. The molecule has 1 aromatic rings. The van der Waals surface area contributed by atoms with Gasteiger partial charge in [-0.2, -0.15) is 0 Å². The Morgan fingerprint density at radius 3 is 2.94 bits per heavy atom. The molecule has 1 aliphatic heterocycles. The second kappa shape index (κ2) is 4.99. The molecule has 1 aromatic carbocycles. The second-order valence-corrected chi connectivity index (χ2v) is 3.57. The zero-order chi connectivity index (χ0) is 11.4. The highest BCUT2D eigenvalue weighted by atomic mass is 16.6. The number of hydrogen-bond donors (Lipinski definition) is 0. The smallest absolute Gasteiger partial charge is 0.233 e. The van der Waals surface area contributed by atoms with E-state index in [9.17, 15) is 4.79 Å². The standard InChI is InChI=1S/C12H13O4/c1-14-11-3-2-9(7-13)6-12(11)16-10-4-5-15-8-10/h2-3,6,10H,4-5,8H2,1H3. The Labute approximate surface area is 94.1 Å². The van der Waals surface area contributed by atoms with Gasteiger partial charge in [-0.05, 0) is 18.2 Å². The highest BCUT2D eigenvalue weighted by Gasteiger charge is 2.19. The van der Waals surface area contributed by atoms with E-state index in [1.807, 2.05) is 6.29 Å². The first-order chi connectivity index (χ1) is 7.83. The minimum absolute atomic E-state index is 0.0378. The largest absolute Gasteiger partial charge is 0.493 e. The van der Waals surface area contributed by atoms with Gasteiger partial charge in [0.2, 0.25) is 6.29 Å². The van der Waals surface area contributed by atoms with E-state index >= 15 is 0 Å². The van der Waals surface area contributed by atoms with Crippen LogP contribution in [-0.2, 0) is 9.53 Å². The predicted molar refractivity (Wildman–Crippen MR) is 57.6 cm³/mol. The third-order valence-electron chi connectivity index (χ3n) is 2.46. The Kier molecular flexibility index (Phi) is 3.41. The van der Waals surface area contributed by atoms with Gasteiger partial charge < -0.3 is 14.2 Å². The molecule has 0 bridgehead atoms. The minimum atomic E-state index is 0.0378. The topological polar surface area (TPSA) is 44.8 Å². The molecule has 0 spiro atoms. The summed E-state index contributed by atoms with van der Waals surface area (Å²) >= 11 is 0. The van der Waals surface area contributed by atoms with Gasteiger partial charge in [-0.3, -0.25) is 4.79 Å². The molecule has 4 heteroatoms. The van der Waals surface area contributed by atoms with Crippen LogP contribution in [-0.4, -0.2) is 32.7 Å². The van der Waals surface area contributed by atoms with E-state index in [4.69, 9.17) is 14.2 Å². The van der Waals surface area contributed by atoms with Crippen LogP contribution in [0, 0.1) is 0 Å². The minimum Gasteiger partial charge on any atom is -0.493 e. The summed E-state index contributed by atoms with van der Waals surface area (Å²) < 4.78 is 16.1. The van der Waals surface area contributed by atoms with E-state index in [1.165, 1.54) is 0 Å². The van der Waals surface area contributed by atoms with E-state index in [0.29, 0.717) is 30.3 Å². The summed E-state index contributed by atoms with van der Waals surface area (Å²) in [6.45, 7) is 1.30. The lowest BCUT2D eigenvalue weighted by Crippen LogP contribution is -2.16. The molecule has 0 amide bonds. The van der Waals surface area contributed by atoms with E-state index < -0.39 is 0 Å². The molecule has 4 nitrogen and oxygen atoms in total. The first-order valence-corrected chi connectivity index (χ1v) is 5.14. The zero-order valence-corrected chi connectivity index (χ0v) is 9.06. The van der Waals surface area contributed by atoms with E-state index in [1.54, 1.807) is 25.3 Å². The van der Waals surface area contributed by atoms with Crippen LogP contribution in [0.25, 0.3) is 0 Å². The van der Waals surface area contributed by atoms with E-state index in [0.717, 1.165) is 6.42 Å². The van der Waals surface area contributed by atoms with Crippen LogP contribution in [0.5, 0.6) is 11.5 Å². The van der Waals surface area contributed by atoms with Gasteiger partial charge in [0.1, 0.15) is 6.10 Å². The number of ether oxygens (including phenoxy) is 3. The molecule has 1 atom stereocenters. The molecule has 85 valence electrons. The van der Waals surface area contributed by atoms with E-state index in [2.05, 4.69) is 0 Å². The monoisotopic (exact) mass is 221 g/mol. The Bertz CT molecular complexity index is 369. The van der Waals surface area contributed by atoms with Crippen molar-refractivity contribution >= 4 is 6.29 Å². The zero-order valence-electron chi connectivity index (χ0n) is 9.06. The van der Waals surface area contributed by atoms with Crippen LogP contribution in [0.15, 0.2) is 18.2 Å². The van der Waals surface area contributed by atoms with E-state index in [-0.39, 0.29) is 6.10 Å². The summed E-state index contributed by atoms with van der Waals surface area (Å²) in [5.41, 5.74) is 0.453. The van der Waals surface area contributed by atoms with Crippen molar-refractivity contribution in [2.75, 3.05) is 20.3 Å². The van der Waals surface area contributed by atoms with Crippen LogP contribution in [0.3, 0.4) is 0 Å². The predicted octanol–water partition coefficient (Wildman–Crippen LogP) is 1.32. The van der Waals surface area contributed by atoms with Crippen molar-refractivity contribution in [1.82, 2.24) is 0 Å². The van der Waals surface area contributed by atoms with Gasteiger partial charge in [0.15, 0.2) is 11.5 Å². The lowest BCUT2D eigenvalue weighted by molar-refractivity contribution is 0.138. The highest BCUT2D eigenvalue weighted by Crippen LogP contribution is 2.29. The first-order valence-electron chi connectivity index (χ1n) is 5.14. The summed E-state index contributed by atoms with van der Waals surface area (Å²) in [5.74, 6) is 1.18. The average Bonchev–Trinajstić information content (AvgIpc) is 2.82. The van der Waals surface area contributed by atoms with Crippen LogP contribution >= 0.6 is 0 Å². The van der Waals surface area contributed by atoms with Crippen LogP contribution < -0.4 is 9.47 Å². The summed E-state index contributed by atoms with van der Waals surface area (Å²) in [6, 6.07) is 4.97. The molecule has 1 fully saturated rings. The van der Waals surface area contributed by atoms with Crippen LogP contribution in [0.4, 0.5) is 0 Å².